The number of hydrogen-bond donors (Lipinski definition) is 0. The van der Waals surface area contributed by atoms with E-state index in [9.17, 15) is 0 Å². The number of aromatic nitrogens is 3. The van der Waals surface area contributed by atoms with E-state index in [0.29, 0.717) is 0 Å². The number of pyridine rings is 1. The Morgan fingerprint density at radius 3 is 2.43 bits per heavy atom. The second-order valence-electron chi connectivity index (χ2n) is 7.77. The van der Waals surface area contributed by atoms with Gasteiger partial charge >= 0.3 is 0 Å². The second kappa shape index (κ2) is 8.67. The van der Waals surface area contributed by atoms with Crippen molar-refractivity contribution in [3.05, 3.63) is 77.4 Å². The smallest absolute Gasteiger partial charge is 0.0719 e. The molecule has 0 amide bonds. The molecule has 5 heteroatoms. The predicted molar refractivity (Wildman–Crippen MR) is 112 cm³/mol. The average Bonchev–Trinajstić information content (AvgIpc) is 3.11. The Bertz CT molecular complexity index is 889. The molecule has 3 aromatic rings. The van der Waals surface area contributed by atoms with Crippen LogP contribution in [0.5, 0.6) is 0 Å². The summed E-state index contributed by atoms with van der Waals surface area (Å²) in [5.74, 6) is 0. The van der Waals surface area contributed by atoms with Gasteiger partial charge in [-0.3, -0.25) is 14.8 Å². The van der Waals surface area contributed by atoms with Gasteiger partial charge in [-0.25, -0.2) is 4.68 Å². The highest BCUT2D eigenvalue weighted by molar-refractivity contribution is 5.49. The van der Waals surface area contributed by atoms with Gasteiger partial charge in [-0.15, -0.1) is 0 Å². The fourth-order valence-electron chi connectivity index (χ4n) is 4.20. The van der Waals surface area contributed by atoms with Crippen LogP contribution in [-0.4, -0.2) is 50.7 Å². The van der Waals surface area contributed by atoms with E-state index in [1.807, 2.05) is 35.4 Å². The van der Waals surface area contributed by atoms with Gasteiger partial charge in [0, 0.05) is 44.8 Å². The zero-order chi connectivity index (χ0) is 19.3. The van der Waals surface area contributed by atoms with Crippen LogP contribution >= 0.6 is 0 Å². The monoisotopic (exact) mass is 375 g/mol. The molecule has 2 aromatic heterocycles. The van der Waals surface area contributed by atoms with Crippen LogP contribution in [0.1, 0.15) is 28.8 Å². The molecule has 28 heavy (non-hydrogen) atoms. The molecule has 146 valence electrons. The standard InChI is InChI=1S/C23H29N5/c1-19-15-20(2)23(28-12-5-9-25-28)21(16-19)17-26-10-6-11-27(14-13-26)18-22-7-3-4-8-24-22/h3-5,7-9,12,15-16H,6,10-11,13-14,17-18H2,1-2H3. The van der Waals surface area contributed by atoms with Crippen LogP contribution < -0.4 is 0 Å². The molecule has 0 bridgehead atoms. The third-order valence-electron chi connectivity index (χ3n) is 5.44. The van der Waals surface area contributed by atoms with Crippen molar-refractivity contribution in [2.24, 2.45) is 0 Å². The van der Waals surface area contributed by atoms with Crippen molar-refractivity contribution in [1.82, 2.24) is 24.6 Å². The van der Waals surface area contributed by atoms with E-state index >= 15 is 0 Å². The molecule has 1 aliphatic heterocycles. The van der Waals surface area contributed by atoms with Gasteiger partial charge in [-0.1, -0.05) is 23.8 Å². The van der Waals surface area contributed by atoms with Crippen LogP contribution in [0.2, 0.25) is 0 Å². The third kappa shape index (κ3) is 4.49. The molecule has 0 N–H and O–H groups in total. The molecule has 1 saturated heterocycles. The molecule has 0 unspecified atom stereocenters. The Morgan fingerprint density at radius 2 is 1.71 bits per heavy atom. The summed E-state index contributed by atoms with van der Waals surface area (Å²) in [5, 5.41) is 4.49. The number of benzene rings is 1. The molecule has 0 radical (unpaired) electrons. The number of rotatable bonds is 5. The summed E-state index contributed by atoms with van der Waals surface area (Å²) in [4.78, 5) is 9.59. The van der Waals surface area contributed by atoms with Crippen molar-refractivity contribution in [1.29, 1.82) is 0 Å². The minimum Gasteiger partial charge on any atom is -0.298 e. The lowest BCUT2D eigenvalue weighted by atomic mass is 10.0. The molecule has 0 saturated carbocycles. The average molecular weight is 376 g/mol. The van der Waals surface area contributed by atoms with Crippen molar-refractivity contribution in [3.63, 3.8) is 0 Å². The van der Waals surface area contributed by atoms with Crippen LogP contribution in [0.25, 0.3) is 5.69 Å². The first kappa shape index (κ1) is 18.8. The van der Waals surface area contributed by atoms with Crippen LogP contribution in [0, 0.1) is 13.8 Å². The maximum absolute atomic E-state index is 4.49. The molecule has 1 fully saturated rings. The van der Waals surface area contributed by atoms with Gasteiger partial charge in [0.15, 0.2) is 0 Å². The van der Waals surface area contributed by atoms with Crippen molar-refractivity contribution in [2.45, 2.75) is 33.4 Å². The van der Waals surface area contributed by atoms with Gasteiger partial charge in [0.1, 0.15) is 0 Å². The normalized spacial score (nSPS) is 16.2. The topological polar surface area (TPSA) is 37.2 Å². The molecule has 5 nitrogen and oxygen atoms in total. The summed E-state index contributed by atoms with van der Waals surface area (Å²) >= 11 is 0. The maximum atomic E-state index is 4.49. The lowest BCUT2D eigenvalue weighted by Gasteiger charge is -2.23. The summed E-state index contributed by atoms with van der Waals surface area (Å²) in [7, 11) is 0. The van der Waals surface area contributed by atoms with Gasteiger partial charge in [-0.2, -0.15) is 5.10 Å². The van der Waals surface area contributed by atoms with Crippen molar-refractivity contribution in [2.75, 3.05) is 26.2 Å². The van der Waals surface area contributed by atoms with Crippen LogP contribution in [0.15, 0.2) is 55.0 Å². The minimum atomic E-state index is 0.941. The molecule has 0 spiro atoms. The number of nitrogens with zero attached hydrogens (tertiary/aromatic N) is 5. The highest BCUT2D eigenvalue weighted by Crippen LogP contribution is 2.23. The Morgan fingerprint density at radius 1 is 0.893 bits per heavy atom. The summed E-state index contributed by atoms with van der Waals surface area (Å²) in [6.07, 6.45) is 6.97. The van der Waals surface area contributed by atoms with Gasteiger partial charge in [0.25, 0.3) is 0 Å². The van der Waals surface area contributed by atoms with Gasteiger partial charge in [0.05, 0.1) is 11.4 Å². The van der Waals surface area contributed by atoms with E-state index < -0.39 is 0 Å². The van der Waals surface area contributed by atoms with Crippen molar-refractivity contribution < 1.29 is 0 Å². The minimum absolute atomic E-state index is 0.941. The molecule has 0 aliphatic carbocycles. The molecule has 0 atom stereocenters. The summed E-state index contributed by atoms with van der Waals surface area (Å²) < 4.78 is 2.01. The Labute approximate surface area is 167 Å². The van der Waals surface area contributed by atoms with Crippen LogP contribution in [-0.2, 0) is 13.1 Å². The van der Waals surface area contributed by atoms with Crippen LogP contribution in [0.3, 0.4) is 0 Å². The van der Waals surface area contributed by atoms with Crippen molar-refractivity contribution >= 4 is 0 Å². The highest BCUT2D eigenvalue weighted by Gasteiger charge is 2.18. The molecular formula is C23H29N5. The zero-order valence-corrected chi connectivity index (χ0v) is 16.9. The van der Waals surface area contributed by atoms with E-state index in [-0.39, 0.29) is 0 Å². The first-order valence-corrected chi connectivity index (χ1v) is 10.1. The Kier molecular flexibility index (Phi) is 5.84. The van der Waals surface area contributed by atoms with Gasteiger partial charge in [0.2, 0.25) is 0 Å². The summed E-state index contributed by atoms with van der Waals surface area (Å²) in [6.45, 7) is 10.7. The lowest BCUT2D eigenvalue weighted by molar-refractivity contribution is 0.245. The van der Waals surface area contributed by atoms with Gasteiger partial charge in [-0.05, 0) is 62.7 Å². The zero-order valence-electron chi connectivity index (χ0n) is 16.9. The highest BCUT2D eigenvalue weighted by atomic mass is 15.3. The second-order valence-corrected chi connectivity index (χ2v) is 7.77. The largest absolute Gasteiger partial charge is 0.298 e. The third-order valence-corrected chi connectivity index (χ3v) is 5.44. The fourth-order valence-corrected chi connectivity index (χ4v) is 4.20. The Balaban J connectivity index is 1.46. The van der Waals surface area contributed by atoms with Crippen molar-refractivity contribution in [3.8, 4) is 5.69 Å². The molecule has 4 rings (SSSR count). The quantitative estimate of drug-likeness (QED) is 0.683. The predicted octanol–water partition coefficient (Wildman–Crippen LogP) is 3.59. The van der Waals surface area contributed by atoms with E-state index in [0.717, 1.165) is 45.0 Å². The first-order valence-electron chi connectivity index (χ1n) is 10.1. The van der Waals surface area contributed by atoms with E-state index in [1.54, 1.807) is 0 Å². The van der Waals surface area contributed by atoms with E-state index in [2.05, 4.69) is 58.0 Å². The number of hydrogen-bond acceptors (Lipinski definition) is 4. The maximum Gasteiger partial charge on any atom is 0.0719 e. The van der Waals surface area contributed by atoms with E-state index in [4.69, 9.17) is 0 Å². The molecular weight excluding hydrogens is 346 g/mol. The first-order chi connectivity index (χ1) is 13.7. The lowest BCUT2D eigenvalue weighted by Crippen LogP contribution is -2.30. The van der Waals surface area contributed by atoms with Crippen LogP contribution in [0.4, 0.5) is 0 Å². The van der Waals surface area contributed by atoms with Gasteiger partial charge < -0.3 is 0 Å². The fraction of sp³-hybridized carbons (Fsp3) is 0.391. The van der Waals surface area contributed by atoms with E-state index in [1.165, 1.54) is 28.8 Å². The molecule has 1 aliphatic rings. The molecule has 1 aromatic carbocycles. The SMILES string of the molecule is Cc1cc(C)c(-n2cccn2)c(CN2CCCN(Cc3ccccn3)CC2)c1. The summed E-state index contributed by atoms with van der Waals surface area (Å²) in [6, 6.07) is 12.7. The summed E-state index contributed by atoms with van der Waals surface area (Å²) in [5.41, 5.74) is 6.34. The Hall–Kier alpha value is -2.50. The molecule has 3 heterocycles. The number of aryl methyl sites for hydroxylation is 2.